The van der Waals surface area contributed by atoms with Gasteiger partial charge in [0.1, 0.15) is 13.2 Å². The van der Waals surface area contributed by atoms with E-state index in [2.05, 4.69) is 21.2 Å². The summed E-state index contributed by atoms with van der Waals surface area (Å²) in [7, 11) is 0. The van der Waals surface area contributed by atoms with Gasteiger partial charge in [-0.1, -0.05) is 12.1 Å². The Balaban J connectivity index is 1.31. The second-order valence-corrected chi connectivity index (χ2v) is 9.06. The van der Waals surface area contributed by atoms with Crippen molar-refractivity contribution in [3.63, 3.8) is 0 Å². The van der Waals surface area contributed by atoms with Crippen LogP contribution in [0.1, 0.15) is 32.7 Å². The third-order valence-electron chi connectivity index (χ3n) is 6.20. The Kier molecular flexibility index (Phi) is 4.93. The molecule has 30 heavy (non-hydrogen) atoms. The lowest BCUT2D eigenvalue weighted by atomic mass is 10.1. The molecule has 2 fully saturated rings. The molecule has 3 aliphatic rings. The zero-order valence-electron chi connectivity index (χ0n) is 16.7. The molecule has 0 spiro atoms. The summed E-state index contributed by atoms with van der Waals surface area (Å²) in [6.07, 6.45) is 1.12. The molecular weight excluding hydrogens is 448 g/mol. The number of likely N-dealkylation sites (tertiary alicyclic amines) is 1. The van der Waals surface area contributed by atoms with Gasteiger partial charge in [0.05, 0.1) is 17.2 Å². The van der Waals surface area contributed by atoms with Crippen LogP contribution in [0.25, 0.3) is 0 Å². The van der Waals surface area contributed by atoms with Crippen molar-refractivity contribution in [1.82, 2.24) is 10.2 Å². The summed E-state index contributed by atoms with van der Waals surface area (Å²) in [4.78, 5) is 28.0. The quantitative estimate of drug-likeness (QED) is 0.743. The molecule has 1 aliphatic carbocycles. The van der Waals surface area contributed by atoms with Crippen molar-refractivity contribution in [3.8, 4) is 11.5 Å². The summed E-state index contributed by atoms with van der Waals surface area (Å²) < 4.78 is 12.0. The summed E-state index contributed by atoms with van der Waals surface area (Å²) in [5.41, 5.74) is 2.24. The van der Waals surface area contributed by atoms with E-state index in [1.54, 1.807) is 18.2 Å². The van der Waals surface area contributed by atoms with Gasteiger partial charge in [0.15, 0.2) is 11.5 Å². The maximum absolute atomic E-state index is 13.2. The van der Waals surface area contributed by atoms with Gasteiger partial charge < -0.3 is 19.7 Å². The molecule has 5 rings (SSSR count). The molecule has 3 atom stereocenters. The number of aryl methyl sites for hydroxylation is 1. The molecule has 6 nitrogen and oxygen atoms in total. The number of benzene rings is 2. The lowest BCUT2D eigenvalue weighted by molar-refractivity contribution is 0.0693. The number of rotatable bonds is 4. The molecule has 0 radical (unpaired) electrons. The van der Waals surface area contributed by atoms with Crippen molar-refractivity contribution in [2.75, 3.05) is 26.3 Å². The average molecular weight is 471 g/mol. The molecule has 7 heteroatoms. The summed E-state index contributed by atoms with van der Waals surface area (Å²) in [6, 6.07) is 11.1. The minimum absolute atomic E-state index is 0.0105. The summed E-state index contributed by atoms with van der Waals surface area (Å²) in [5.74, 6) is 1.91. The van der Waals surface area contributed by atoms with Crippen molar-refractivity contribution in [2.45, 2.75) is 19.4 Å². The summed E-state index contributed by atoms with van der Waals surface area (Å²) >= 11 is 3.53. The lowest BCUT2D eigenvalue weighted by Gasteiger charge is -2.28. The molecule has 0 bridgehead atoms. The van der Waals surface area contributed by atoms with E-state index in [1.165, 1.54) is 0 Å². The average Bonchev–Trinajstić information content (AvgIpc) is 3.43. The monoisotopic (exact) mass is 470 g/mol. The minimum atomic E-state index is -0.203. The SMILES string of the molecule is Cc1ccc(C(=O)N2C[C@H]3C[C@H]3[C@H]2CNC(=O)c2cccc3c2OCCO3)c(Br)c1. The first-order chi connectivity index (χ1) is 14.5. The van der Waals surface area contributed by atoms with E-state index in [-0.39, 0.29) is 17.9 Å². The molecule has 2 aromatic carbocycles. The number of nitrogens with one attached hydrogen (secondary N) is 1. The highest BCUT2D eigenvalue weighted by atomic mass is 79.9. The van der Waals surface area contributed by atoms with Crippen molar-refractivity contribution < 1.29 is 19.1 Å². The van der Waals surface area contributed by atoms with Crippen LogP contribution in [0.2, 0.25) is 0 Å². The topological polar surface area (TPSA) is 67.9 Å². The van der Waals surface area contributed by atoms with E-state index >= 15 is 0 Å². The fourth-order valence-corrected chi connectivity index (χ4v) is 5.22. The number of para-hydroxylation sites is 1. The number of hydrogen-bond donors (Lipinski definition) is 1. The normalized spacial score (nSPS) is 23.7. The molecule has 2 heterocycles. The zero-order valence-corrected chi connectivity index (χ0v) is 18.3. The predicted octanol–water partition coefficient (Wildman–Crippen LogP) is 3.42. The van der Waals surface area contributed by atoms with Crippen LogP contribution in [0.4, 0.5) is 0 Å². The second-order valence-electron chi connectivity index (χ2n) is 8.21. The van der Waals surface area contributed by atoms with E-state index < -0.39 is 0 Å². The number of amides is 2. The Morgan fingerprint density at radius 3 is 2.83 bits per heavy atom. The number of carbonyl (C=O) groups is 2. The zero-order chi connectivity index (χ0) is 20.8. The van der Waals surface area contributed by atoms with Gasteiger partial charge in [0.2, 0.25) is 0 Å². The standard InChI is InChI=1S/C23H23BrN2O4/c1-13-5-6-15(18(24)9-13)23(28)26-12-14-10-17(14)19(26)11-25-22(27)16-3-2-4-20-21(16)30-8-7-29-20/h2-6,9,14,17,19H,7-8,10-12H2,1H3,(H,25,27)/t14-,17-,19-/m1/s1. The highest BCUT2D eigenvalue weighted by Crippen LogP contribution is 2.50. The maximum Gasteiger partial charge on any atom is 0.255 e. The first-order valence-corrected chi connectivity index (χ1v) is 11.1. The van der Waals surface area contributed by atoms with Gasteiger partial charge in [-0.3, -0.25) is 9.59 Å². The van der Waals surface area contributed by atoms with Gasteiger partial charge in [0.25, 0.3) is 11.8 Å². The number of hydrogen-bond acceptors (Lipinski definition) is 4. The van der Waals surface area contributed by atoms with E-state index in [1.807, 2.05) is 30.0 Å². The first kappa shape index (κ1) is 19.4. The van der Waals surface area contributed by atoms with E-state index in [9.17, 15) is 9.59 Å². The van der Waals surface area contributed by atoms with Crippen molar-refractivity contribution in [2.24, 2.45) is 11.8 Å². The van der Waals surface area contributed by atoms with Crippen LogP contribution in [0.15, 0.2) is 40.9 Å². The molecule has 1 saturated heterocycles. The number of carbonyl (C=O) groups excluding carboxylic acids is 2. The van der Waals surface area contributed by atoms with E-state index in [4.69, 9.17) is 9.47 Å². The molecule has 2 aromatic rings. The molecule has 2 amide bonds. The summed E-state index contributed by atoms with van der Waals surface area (Å²) in [6.45, 7) is 4.09. The van der Waals surface area contributed by atoms with Crippen molar-refractivity contribution in [3.05, 3.63) is 57.6 Å². The fraction of sp³-hybridized carbons (Fsp3) is 0.391. The van der Waals surface area contributed by atoms with Gasteiger partial charge in [-0.15, -0.1) is 0 Å². The highest BCUT2D eigenvalue weighted by Gasteiger charge is 2.54. The molecule has 0 aromatic heterocycles. The molecule has 156 valence electrons. The molecular formula is C23H23BrN2O4. The molecule has 1 saturated carbocycles. The number of halogens is 1. The minimum Gasteiger partial charge on any atom is -0.486 e. The Morgan fingerprint density at radius 2 is 2.00 bits per heavy atom. The Bertz CT molecular complexity index is 1020. The largest absolute Gasteiger partial charge is 0.486 e. The second kappa shape index (κ2) is 7.61. The van der Waals surface area contributed by atoms with Crippen molar-refractivity contribution >= 4 is 27.7 Å². The molecule has 1 N–H and O–H groups in total. The van der Waals surface area contributed by atoms with Crippen molar-refractivity contribution in [1.29, 1.82) is 0 Å². The number of nitrogens with zero attached hydrogens (tertiary/aromatic N) is 1. The van der Waals surface area contributed by atoms with Gasteiger partial charge in [-0.2, -0.15) is 0 Å². The fourth-order valence-electron chi connectivity index (χ4n) is 4.56. The molecule has 0 unspecified atom stereocenters. The maximum atomic E-state index is 13.2. The lowest BCUT2D eigenvalue weighted by Crippen LogP contribution is -2.45. The van der Waals surface area contributed by atoms with Gasteiger partial charge in [0, 0.05) is 17.6 Å². The van der Waals surface area contributed by atoms with Crippen LogP contribution in [-0.2, 0) is 0 Å². The number of piperidine rings is 1. The highest BCUT2D eigenvalue weighted by molar-refractivity contribution is 9.10. The smallest absolute Gasteiger partial charge is 0.255 e. The van der Waals surface area contributed by atoms with Crippen LogP contribution >= 0.6 is 15.9 Å². The van der Waals surface area contributed by atoms with Crippen LogP contribution in [0.3, 0.4) is 0 Å². The van der Waals surface area contributed by atoms with Gasteiger partial charge in [-0.25, -0.2) is 0 Å². The van der Waals surface area contributed by atoms with Crippen LogP contribution in [-0.4, -0.2) is 49.1 Å². The Labute approximate surface area is 183 Å². The molecule has 2 aliphatic heterocycles. The Morgan fingerprint density at radius 1 is 1.17 bits per heavy atom. The van der Waals surface area contributed by atoms with E-state index in [0.29, 0.717) is 54.2 Å². The first-order valence-electron chi connectivity index (χ1n) is 10.3. The van der Waals surface area contributed by atoms with Gasteiger partial charge in [-0.05, 0) is 70.9 Å². The third kappa shape index (κ3) is 3.45. The predicted molar refractivity (Wildman–Crippen MR) is 115 cm³/mol. The van der Waals surface area contributed by atoms with Crippen LogP contribution < -0.4 is 14.8 Å². The third-order valence-corrected chi connectivity index (χ3v) is 6.86. The van der Waals surface area contributed by atoms with Crippen LogP contribution in [0.5, 0.6) is 11.5 Å². The Hall–Kier alpha value is -2.54. The number of ether oxygens (including phenoxy) is 2. The summed E-state index contributed by atoms with van der Waals surface area (Å²) in [5, 5.41) is 3.03. The van der Waals surface area contributed by atoms with Crippen LogP contribution in [0, 0.1) is 18.8 Å². The van der Waals surface area contributed by atoms with Gasteiger partial charge >= 0.3 is 0 Å². The number of fused-ring (bicyclic) bond motifs is 2. The van der Waals surface area contributed by atoms with E-state index in [0.717, 1.165) is 23.0 Å².